The number of hydrogen-bond donors (Lipinski definition) is 1. The molecule has 0 spiro atoms. The zero-order valence-corrected chi connectivity index (χ0v) is 13.7. The lowest BCUT2D eigenvalue weighted by Crippen LogP contribution is -2.35. The summed E-state index contributed by atoms with van der Waals surface area (Å²) < 4.78 is 5.71. The summed E-state index contributed by atoms with van der Waals surface area (Å²) in [5.41, 5.74) is 2.23. The first kappa shape index (κ1) is 15.8. The van der Waals surface area contributed by atoms with Crippen LogP contribution in [0, 0.1) is 5.92 Å². The monoisotopic (exact) mass is 313 g/mol. The van der Waals surface area contributed by atoms with Crippen LogP contribution in [0.1, 0.15) is 35.9 Å². The number of hydrogen-bond acceptors (Lipinski definition) is 3. The number of carbonyl (C=O) groups excluding carboxylic acids is 1. The fraction of sp³-hybridized carbons (Fsp3) is 0.421. The average molecular weight is 313 g/mol. The van der Waals surface area contributed by atoms with Gasteiger partial charge in [-0.2, -0.15) is 0 Å². The minimum Gasteiger partial charge on any atom is -0.451 e. The van der Waals surface area contributed by atoms with E-state index in [9.17, 15) is 9.90 Å². The Morgan fingerprint density at radius 1 is 1.26 bits per heavy atom. The van der Waals surface area contributed by atoms with Gasteiger partial charge in [-0.05, 0) is 42.9 Å². The van der Waals surface area contributed by atoms with Crippen molar-refractivity contribution in [3.8, 4) is 11.3 Å². The lowest BCUT2D eigenvalue weighted by Gasteiger charge is -2.19. The number of nitrogens with zero attached hydrogens (tertiary/aromatic N) is 1. The smallest absolute Gasteiger partial charge is 0.289 e. The predicted octanol–water partition coefficient (Wildman–Crippen LogP) is 3.35. The molecule has 1 aliphatic rings. The molecule has 0 radical (unpaired) electrons. The van der Waals surface area contributed by atoms with E-state index in [4.69, 9.17) is 4.42 Å². The standard InChI is InChI=1S/C19H23NO3/c1-3-13-4-6-15(7-5-13)17-10-11-18(23-17)19(22)20(2)12-16(21)14-8-9-14/h4-7,10-11,14,16,21H,3,8-9,12H2,1-2H3. The van der Waals surface area contributed by atoms with Gasteiger partial charge in [0.2, 0.25) is 0 Å². The summed E-state index contributed by atoms with van der Waals surface area (Å²) in [5, 5.41) is 9.96. The van der Waals surface area contributed by atoms with Crippen LogP contribution in [-0.2, 0) is 6.42 Å². The van der Waals surface area contributed by atoms with Crippen LogP contribution in [0.25, 0.3) is 11.3 Å². The molecule has 0 bridgehead atoms. The highest BCUT2D eigenvalue weighted by Gasteiger charge is 2.31. The largest absolute Gasteiger partial charge is 0.451 e. The summed E-state index contributed by atoms with van der Waals surface area (Å²) in [5.74, 6) is 1.16. The molecule has 1 atom stereocenters. The van der Waals surface area contributed by atoms with Crippen LogP contribution < -0.4 is 0 Å². The van der Waals surface area contributed by atoms with Gasteiger partial charge >= 0.3 is 0 Å². The third-order valence-electron chi connectivity index (χ3n) is 4.44. The quantitative estimate of drug-likeness (QED) is 0.890. The van der Waals surface area contributed by atoms with Gasteiger partial charge in [0.25, 0.3) is 5.91 Å². The van der Waals surface area contributed by atoms with Crippen LogP contribution in [0.2, 0.25) is 0 Å². The number of amides is 1. The Labute approximate surface area is 136 Å². The molecule has 4 nitrogen and oxygen atoms in total. The summed E-state index contributed by atoms with van der Waals surface area (Å²) in [6.45, 7) is 2.47. The molecule has 1 N–H and O–H groups in total. The molecule has 1 unspecified atom stereocenters. The Kier molecular flexibility index (Phi) is 4.53. The summed E-state index contributed by atoms with van der Waals surface area (Å²) in [7, 11) is 1.70. The number of carbonyl (C=O) groups is 1. The molecule has 0 saturated heterocycles. The fourth-order valence-corrected chi connectivity index (χ4v) is 2.69. The van der Waals surface area contributed by atoms with Gasteiger partial charge in [-0.25, -0.2) is 0 Å². The van der Waals surface area contributed by atoms with Crippen LogP contribution in [0.3, 0.4) is 0 Å². The normalized spacial score (nSPS) is 15.4. The number of benzene rings is 1. The van der Waals surface area contributed by atoms with Gasteiger partial charge in [0.05, 0.1) is 6.10 Å². The van der Waals surface area contributed by atoms with E-state index in [2.05, 4.69) is 19.1 Å². The Bertz CT molecular complexity index is 670. The van der Waals surface area contributed by atoms with Gasteiger partial charge in [0.1, 0.15) is 5.76 Å². The minimum absolute atomic E-state index is 0.193. The van der Waals surface area contributed by atoms with E-state index < -0.39 is 6.10 Å². The molecule has 1 heterocycles. The van der Waals surface area contributed by atoms with Crippen molar-refractivity contribution in [3.63, 3.8) is 0 Å². The van der Waals surface area contributed by atoms with Crippen molar-refractivity contribution in [3.05, 3.63) is 47.7 Å². The molecule has 1 fully saturated rings. The summed E-state index contributed by atoms with van der Waals surface area (Å²) in [6, 6.07) is 11.7. The van der Waals surface area contributed by atoms with Crippen molar-refractivity contribution >= 4 is 5.91 Å². The molecule has 0 aliphatic heterocycles. The third kappa shape index (κ3) is 3.64. The molecule has 1 aromatic carbocycles. The van der Waals surface area contributed by atoms with Crippen LogP contribution in [0.4, 0.5) is 0 Å². The Morgan fingerprint density at radius 3 is 2.57 bits per heavy atom. The van der Waals surface area contributed by atoms with Crippen LogP contribution >= 0.6 is 0 Å². The molecule has 1 aliphatic carbocycles. The second kappa shape index (κ2) is 6.59. The van der Waals surface area contributed by atoms with Gasteiger partial charge in [0, 0.05) is 19.2 Å². The molecule has 1 amide bonds. The van der Waals surface area contributed by atoms with E-state index in [0.717, 1.165) is 24.8 Å². The van der Waals surface area contributed by atoms with Crippen LogP contribution in [0.15, 0.2) is 40.8 Å². The number of aliphatic hydroxyl groups excluding tert-OH is 1. The highest BCUT2D eigenvalue weighted by Crippen LogP contribution is 2.33. The van der Waals surface area contributed by atoms with Gasteiger partial charge < -0.3 is 14.4 Å². The van der Waals surface area contributed by atoms with Gasteiger partial charge in [-0.1, -0.05) is 31.2 Å². The van der Waals surface area contributed by atoms with E-state index in [1.807, 2.05) is 18.2 Å². The molecular formula is C19H23NO3. The first-order valence-corrected chi connectivity index (χ1v) is 8.21. The van der Waals surface area contributed by atoms with Crippen LogP contribution in [-0.4, -0.2) is 35.6 Å². The van der Waals surface area contributed by atoms with E-state index in [0.29, 0.717) is 24.0 Å². The van der Waals surface area contributed by atoms with Crippen molar-refractivity contribution in [1.82, 2.24) is 4.90 Å². The van der Waals surface area contributed by atoms with Crippen molar-refractivity contribution in [2.45, 2.75) is 32.3 Å². The number of rotatable bonds is 6. The molecule has 4 heteroatoms. The zero-order valence-electron chi connectivity index (χ0n) is 13.7. The number of likely N-dealkylation sites (N-methyl/N-ethyl adjacent to an activating group) is 1. The van der Waals surface area contributed by atoms with E-state index in [1.165, 1.54) is 10.5 Å². The van der Waals surface area contributed by atoms with Crippen molar-refractivity contribution in [2.24, 2.45) is 5.92 Å². The first-order valence-electron chi connectivity index (χ1n) is 8.21. The lowest BCUT2D eigenvalue weighted by molar-refractivity contribution is 0.0618. The number of aryl methyl sites for hydroxylation is 1. The Balaban J connectivity index is 1.68. The first-order chi connectivity index (χ1) is 11.1. The third-order valence-corrected chi connectivity index (χ3v) is 4.44. The SMILES string of the molecule is CCc1ccc(-c2ccc(C(=O)N(C)CC(O)C3CC3)o2)cc1. The van der Waals surface area contributed by atoms with Crippen LogP contribution in [0.5, 0.6) is 0 Å². The van der Waals surface area contributed by atoms with E-state index >= 15 is 0 Å². The average Bonchev–Trinajstić information content (AvgIpc) is 3.31. The molecule has 1 aromatic heterocycles. The summed E-state index contributed by atoms with van der Waals surface area (Å²) in [6.07, 6.45) is 2.68. The number of aliphatic hydroxyl groups is 1. The van der Waals surface area contributed by atoms with Gasteiger partial charge in [-0.15, -0.1) is 0 Å². The maximum Gasteiger partial charge on any atom is 0.289 e. The molecule has 122 valence electrons. The Morgan fingerprint density at radius 2 is 1.96 bits per heavy atom. The maximum atomic E-state index is 12.4. The number of furan rings is 1. The molecule has 23 heavy (non-hydrogen) atoms. The maximum absolute atomic E-state index is 12.4. The molecule has 2 aromatic rings. The zero-order chi connectivity index (χ0) is 16.4. The van der Waals surface area contributed by atoms with E-state index in [-0.39, 0.29) is 5.91 Å². The predicted molar refractivity (Wildman–Crippen MR) is 89.2 cm³/mol. The van der Waals surface area contributed by atoms with Crippen molar-refractivity contribution in [2.75, 3.05) is 13.6 Å². The summed E-state index contributed by atoms with van der Waals surface area (Å²) in [4.78, 5) is 13.9. The fourth-order valence-electron chi connectivity index (χ4n) is 2.69. The second-order valence-electron chi connectivity index (χ2n) is 6.30. The highest BCUT2D eigenvalue weighted by molar-refractivity contribution is 5.92. The van der Waals surface area contributed by atoms with Crippen molar-refractivity contribution in [1.29, 1.82) is 0 Å². The Hall–Kier alpha value is -2.07. The summed E-state index contributed by atoms with van der Waals surface area (Å²) >= 11 is 0. The lowest BCUT2D eigenvalue weighted by atomic mass is 10.1. The topological polar surface area (TPSA) is 53.7 Å². The second-order valence-corrected chi connectivity index (χ2v) is 6.30. The minimum atomic E-state index is -0.431. The van der Waals surface area contributed by atoms with Gasteiger partial charge in [-0.3, -0.25) is 4.79 Å². The van der Waals surface area contributed by atoms with Gasteiger partial charge in [0.15, 0.2) is 5.76 Å². The van der Waals surface area contributed by atoms with E-state index in [1.54, 1.807) is 13.1 Å². The molecule has 1 saturated carbocycles. The molecular weight excluding hydrogens is 290 g/mol. The molecule has 3 rings (SSSR count). The highest BCUT2D eigenvalue weighted by atomic mass is 16.4. The van der Waals surface area contributed by atoms with Crippen molar-refractivity contribution < 1.29 is 14.3 Å².